The zero-order chi connectivity index (χ0) is 32.7. The molecule has 3 amide bonds. The van der Waals surface area contributed by atoms with E-state index >= 15 is 0 Å². The summed E-state index contributed by atoms with van der Waals surface area (Å²) in [7, 11) is 1.71. The van der Waals surface area contributed by atoms with Crippen LogP contribution >= 0.6 is 0 Å². The van der Waals surface area contributed by atoms with Crippen LogP contribution in [0.15, 0.2) is 48.5 Å². The molecular formula is C35H47N5O6. The lowest BCUT2D eigenvalue weighted by molar-refractivity contribution is -0.133. The summed E-state index contributed by atoms with van der Waals surface area (Å²) in [6, 6.07) is 15.4. The number of para-hydroxylation sites is 2. The van der Waals surface area contributed by atoms with Crippen LogP contribution < -0.4 is 10.2 Å². The number of methoxy groups -OCH3 is 1. The molecule has 3 aromatic rings. The van der Waals surface area contributed by atoms with Crippen molar-refractivity contribution in [1.82, 2.24) is 19.8 Å². The van der Waals surface area contributed by atoms with Crippen molar-refractivity contribution in [3.63, 3.8) is 0 Å². The molecule has 3 heterocycles. The first kappa shape index (κ1) is 33.4. The maximum Gasteiger partial charge on any atom is 0.407 e. The summed E-state index contributed by atoms with van der Waals surface area (Å²) in [5, 5.41) is 2.96. The van der Waals surface area contributed by atoms with Gasteiger partial charge in [-0.1, -0.05) is 24.3 Å². The van der Waals surface area contributed by atoms with Crippen molar-refractivity contribution in [1.29, 1.82) is 0 Å². The first-order valence-electron chi connectivity index (χ1n) is 16.3. The Morgan fingerprint density at radius 1 is 1.11 bits per heavy atom. The number of nitrogens with zero attached hydrogens (tertiary/aromatic N) is 4. The second kappa shape index (κ2) is 15.1. The summed E-state index contributed by atoms with van der Waals surface area (Å²) in [6.45, 7) is 9.24. The third kappa shape index (κ3) is 8.64. The van der Waals surface area contributed by atoms with Crippen LogP contribution in [0.25, 0.3) is 11.0 Å². The number of carbonyl (C=O) groups excluding carboxylic acids is 3. The van der Waals surface area contributed by atoms with Gasteiger partial charge in [-0.3, -0.25) is 9.59 Å². The van der Waals surface area contributed by atoms with Gasteiger partial charge in [-0.05, 0) is 76.3 Å². The van der Waals surface area contributed by atoms with Crippen LogP contribution in [0.4, 0.5) is 10.5 Å². The molecule has 1 N–H and O–H groups in total. The largest absolute Gasteiger partial charge is 0.444 e. The van der Waals surface area contributed by atoms with E-state index < -0.39 is 17.7 Å². The summed E-state index contributed by atoms with van der Waals surface area (Å²) < 4.78 is 18.4. The zero-order valence-corrected chi connectivity index (χ0v) is 27.5. The van der Waals surface area contributed by atoms with Crippen LogP contribution in [0.5, 0.6) is 0 Å². The highest BCUT2D eigenvalue weighted by molar-refractivity contribution is 5.94. The van der Waals surface area contributed by atoms with E-state index in [4.69, 9.17) is 19.2 Å². The van der Waals surface area contributed by atoms with Crippen molar-refractivity contribution in [2.45, 2.75) is 77.0 Å². The second-order valence-electron chi connectivity index (χ2n) is 13.2. The fourth-order valence-corrected chi connectivity index (χ4v) is 6.30. The number of morpholine rings is 1. The lowest BCUT2D eigenvalue weighted by Crippen LogP contribution is -2.46. The second-order valence-corrected chi connectivity index (χ2v) is 13.2. The van der Waals surface area contributed by atoms with E-state index in [1.807, 2.05) is 68.1 Å². The monoisotopic (exact) mass is 633 g/mol. The van der Waals surface area contributed by atoms with Gasteiger partial charge < -0.3 is 33.9 Å². The number of anilines is 1. The lowest BCUT2D eigenvalue weighted by atomic mass is 9.95. The Kier molecular flexibility index (Phi) is 11.0. The number of benzene rings is 2. The number of amides is 3. The Labute approximate surface area is 271 Å². The number of likely N-dealkylation sites (tertiary alicyclic amines) is 1. The molecule has 248 valence electrons. The lowest BCUT2D eigenvalue weighted by Gasteiger charge is -2.34. The predicted molar refractivity (Wildman–Crippen MR) is 176 cm³/mol. The molecule has 2 saturated heterocycles. The van der Waals surface area contributed by atoms with Crippen LogP contribution in [-0.4, -0.2) is 90.6 Å². The van der Waals surface area contributed by atoms with Gasteiger partial charge in [-0.2, -0.15) is 0 Å². The minimum absolute atomic E-state index is 0.0108. The van der Waals surface area contributed by atoms with Crippen molar-refractivity contribution in [3.8, 4) is 0 Å². The summed E-state index contributed by atoms with van der Waals surface area (Å²) in [6.07, 6.45) is 2.73. The van der Waals surface area contributed by atoms with Crippen molar-refractivity contribution < 1.29 is 28.6 Å². The minimum Gasteiger partial charge on any atom is -0.444 e. The average molecular weight is 634 g/mol. The first-order chi connectivity index (χ1) is 22.1. The van der Waals surface area contributed by atoms with Crippen LogP contribution in [0.1, 0.15) is 63.8 Å². The number of hydrogen-bond acceptors (Lipinski definition) is 7. The van der Waals surface area contributed by atoms with E-state index in [0.717, 1.165) is 53.9 Å². The predicted octanol–water partition coefficient (Wildman–Crippen LogP) is 4.67. The Bertz CT molecular complexity index is 1500. The molecule has 0 radical (unpaired) electrons. The van der Waals surface area contributed by atoms with Gasteiger partial charge in [0.1, 0.15) is 18.0 Å². The van der Waals surface area contributed by atoms with Gasteiger partial charge in [0.2, 0.25) is 5.91 Å². The van der Waals surface area contributed by atoms with Crippen molar-refractivity contribution >= 4 is 34.6 Å². The average Bonchev–Trinajstić information content (AvgIpc) is 3.39. The van der Waals surface area contributed by atoms with Crippen LogP contribution in [-0.2, 0) is 36.8 Å². The number of nitrogens with one attached hydrogen (secondary N) is 1. The summed E-state index contributed by atoms with van der Waals surface area (Å²) in [5.41, 5.74) is 3.14. The van der Waals surface area contributed by atoms with E-state index in [-0.39, 0.29) is 30.8 Å². The number of imidazole rings is 1. The van der Waals surface area contributed by atoms with Gasteiger partial charge in [0, 0.05) is 64.0 Å². The molecule has 2 aliphatic heterocycles. The van der Waals surface area contributed by atoms with Gasteiger partial charge in [0.15, 0.2) is 0 Å². The SMILES string of the molecule is COCCCn1c([C@@H]2CCCN(C(=O)C[C@@H](Cc3ccc(N4CCOCC4=O)cc3)NC(=O)OC(C)(C)C)C2)nc2ccccc21. The number of alkyl carbamates (subject to hydrolysis) is 1. The first-order valence-corrected chi connectivity index (χ1v) is 16.3. The number of rotatable bonds is 11. The fourth-order valence-electron chi connectivity index (χ4n) is 6.30. The van der Waals surface area contributed by atoms with Gasteiger partial charge >= 0.3 is 6.09 Å². The van der Waals surface area contributed by atoms with Gasteiger partial charge in [-0.25, -0.2) is 9.78 Å². The standard InChI is InChI=1S/C35H47N5O6/c1-35(2,3)46-34(43)36-27(21-25-12-14-28(15-13-25)39-18-20-45-24-32(39)42)22-31(41)38-16-7-9-26(23-38)33-37-29-10-5-6-11-30(29)40(33)17-8-19-44-4/h5-6,10-15,26-27H,7-9,16-24H2,1-4H3,(H,36,43)/t26-,27-/m1/s1. The smallest absolute Gasteiger partial charge is 0.407 e. The van der Waals surface area contributed by atoms with E-state index in [1.54, 1.807) is 12.0 Å². The van der Waals surface area contributed by atoms with Gasteiger partial charge in [-0.15, -0.1) is 0 Å². The highest BCUT2D eigenvalue weighted by atomic mass is 16.6. The molecule has 11 heteroatoms. The molecule has 1 aromatic heterocycles. The molecule has 5 rings (SSSR count). The van der Waals surface area contributed by atoms with Crippen molar-refractivity contribution in [2.24, 2.45) is 0 Å². The Hall–Kier alpha value is -3.96. The van der Waals surface area contributed by atoms with E-state index in [1.165, 1.54) is 0 Å². The van der Waals surface area contributed by atoms with Crippen molar-refractivity contribution in [3.05, 3.63) is 59.9 Å². The number of fused-ring (bicyclic) bond motifs is 1. The molecular weight excluding hydrogens is 586 g/mol. The van der Waals surface area contributed by atoms with Crippen LogP contribution in [0.3, 0.4) is 0 Å². The fraction of sp³-hybridized carbons (Fsp3) is 0.543. The molecule has 0 unspecified atom stereocenters. The molecule has 0 bridgehead atoms. The third-order valence-corrected chi connectivity index (χ3v) is 8.41. The summed E-state index contributed by atoms with van der Waals surface area (Å²) in [4.78, 5) is 47.6. The van der Waals surface area contributed by atoms with E-state index in [9.17, 15) is 14.4 Å². The number of hydrogen-bond donors (Lipinski definition) is 1. The Morgan fingerprint density at radius 3 is 2.63 bits per heavy atom. The number of aryl methyl sites for hydroxylation is 1. The molecule has 46 heavy (non-hydrogen) atoms. The molecule has 2 atom stereocenters. The summed E-state index contributed by atoms with van der Waals surface area (Å²) >= 11 is 0. The summed E-state index contributed by atoms with van der Waals surface area (Å²) in [5.74, 6) is 1.04. The molecule has 0 spiro atoms. The normalized spacial score (nSPS) is 18.1. The Morgan fingerprint density at radius 2 is 1.89 bits per heavy atom. The van der Waals surface area contributed by atoms with Gasteiger partial charge in [0.05, 0.1) is 17.6 Å². The van der Waals surface area contributed by atoms with Crippen LogP contribution in [0, 0.1) is 0 Å². The maximum atomic E-state index is 13.8. The number of carbonyl (C=O) groups is 3. The quantitative estimate of drug-likeness (QED) is 0.305. The van der Waals surface area contributed by atoms with Crippen molar-refractivity contribution in [2.75, 3.05) is 51.5 Å². The number of piperidine rings is 1. The number of ether oxygens (including phenoxy) is 3. The third-order valence-electron chi connectivity index (χ3n) is 8.41. The molecule has 2 aromatic carbocycles. The zero-order valence-electron chi connectivity index (χ0n) is 27.5. The highest BCUT2D eigenvalue weighted by Crippen LogP contribution is 2.30. The Balaban J connectivity index is 1.29. The molecule has 0 aliphatic carbocycles. The topological polar surface area (TPSA) is 115 Å². The number of aromatic nitrogens is 2. The minimum atomic E-state index is -0.667. The van der Waals surface area contributed by atoms with E-state index in [2.05, 4.69) is 16.0 Å². The van der Waals surface area contributed by atoms with Gasteiger partial charge in [0.25, 0.3) is 5.91 Å². The van der Waals surface area contributed by atoms with E-state index in [0.29, 0.717) is 39.3 Å². The molecule has 11 nitrogen and oxygen atoms in total. The molecule has 2 aliphatic rings. The van der Waals surface area contributed by atoms with Crippen LogP contribution in [0.2, 0.25) is 0 Å². The highest BCUT2D eigenvalue weighted by Gasteiger charge is 2.31. The molecule has 0 saturated carbocycles. The maximum absolute atomic E-state index is 13.8. The molecule has 2 fully saturated rings.